The van der Waals surface area contributed by atoms with Crippen LogP contribution in [0.15, 0.2) is 24.3 Å². The number of alkyl halides is 1. The molecule has 0 bridgehead atoms. The summed E-state index contributed by atoms with van der Waals surface area (Å²) in [7, 11) is 0. The Bertz CT molecular complexity index is 480. The molecule has 17 heavy (non-hydrogen) atoms. The van der Waals surface area contributed by atoms with E-state index in [1.807, 2.05) is 0 Å². The molecule has 5 heteroatoms. The van der Waals surface area contributed by atoms with Crippen LogP contribution >= 0.6 is 0 Å². The number of likely N-dealkylation sites (tertiary alicyclic amines) is 1. The SMILES string of the molecule is CC(=O)N1CC(F)(c2cccc(C(=O)O)c2)C1. The second kappa shape index (κ2) is 3.84. The Kier molecular flexibility index (Phi) is 2.61. The van der Waals surface area contributed by atoms with Crippen LogP contribution in [-0.4, -0.2) is 35.0 Å². The molecule has 90 valence electrons. The zero-order chi connectivity index (χ0) is 12.6. The Morgan fingerprint density at radius 3 is 2.59 bits per heavy atom. The molecule has 1 amide bonds. The molecule has 4 nitrogen and oxygen atoms in total. The molecule has 1 aromatic rings. The average molecular weight is 237 g/mol. The quantitative estimate of drug-likeness (QED) is 0.846. The number of halogens is 1. The topological polar surface area (TPSA) is 57.6 Å². The third-order valence-electron chi connectivity index (χ3n) is 2.96. The summed E-state index contributed by atoms with van der Waals surface area (Å²) in [6.45, 7) is 1.37. The van der Waals surface area contributed by atoms with E-state index in [1.54, 1.807) is 6.07 Å². The Morgan fingerprint density at radius 1 is 1.41 bits per heavy atom. The van der Waals surface area contributed by atoms with Gasteiger partial charge in [0.25, 0.3) is 0 Å². The number of amides is 1. The molecule has 1 aliphatic heterocycles. The number of benzene rings is 1. The molecule has 1 saturated heterocycles. The summed E-state index contributed by atoms with van der Waals surface area (Å²) in [5.74, 6) is -1.26. The standard InChI is InChI=1S/C12H12FNO3/c1-8(15)14-6-12(13,7-14)10-4-2-3-9(5-10)11(16)17/h2-5H,6-7H2,1H3,(H,16,17). The highest BCUT2D eigenvalue weighted by molar-refractivity contribution is 5.87. The third-order valence-corrected chi connectivity index (χ3v) is 2.96. The van der Waals surface area contributed by atoms with Crippen molar-refractivity contribution in [3.63, 3.8) is 0 Å². The van der Waals surface area contributed by atoms with Crippen molar-refractivity contribution >= 4 is 11.9 Å². The van der Waals surface area contributed by atoms with Gasteiger partial charge < -0.3 is 10.0 Å². The van der Waals surface area contributed by atoms with E-state index in [-0.39, 0.29) is 24.6 Å². The fraction of sp³-hybridized carbons (Fsp3) is 0.333. The van der Waals surface area contributed by atoms with Crippen molar-refractivity contribution in [3.8, 4) is 0 Å². The largest absolute Gasteiger partial charge is 0.478 e. The van der Waals surface area contributed by atoms with E-state index in [9.17, 15) is 14.0 Å². The molecule has 0 radical (unpaired) electrons. The molecule has 0 unspecified atom stereocenters. The van der Waals surface area contributed by atoms with Crippen LogP contribution in [0.2, 0.25) is 0 Å². The summed E-state index contributed by atoms with van der Waals surface area (Å²) in [4.78, 5) is 23.1. The van der Waals surface area contributed by atoms with Crippen LogP contribution in [0.1, 0.15) is 22.8 Å². The van der Waals surface area contributed by atoms with Gasteiger partial charge in [0.2, 0.25) is 5.91 Å². The highest BCUT2D eigenvalue weighted by Gasteiger charge is 2.46. The van der Waals surface area contributed by atoms with Crippen LogP contribution < -0.4 is 0 Å². The summed E-state index contributed by atoms with van der Waals surface area (Å²) >= 11 is 0. The number of rotatable bonds is 2. The van der Waals surface area contributed by atoms with Gasteiger partial charge in [-0.2, -0.15) is 0 Å². The van der Waals surface area contributed by atoms with Gasteiger partial charge in [0.1, 0.15) is 0 Å². The lowest BCUT2D eigenvalue weighted by Crippen LogP contribution is -2.58. The number of aromatic carboxylic acids is 1. The van der Waals surface area contributed by atoms with Crippen LogP contribution in [0, 0.1) is 0 Å². The second-order valence-electron chi connectivity index (χ2n) is 4.23. The maximum absolute atomic E-state index is 14.3. The number of hydrogen-bond acceptors (Lipinski definition) is 2. The predicted molar refractivity (Wildman–Crippen MR) is 58.4 cm³/mol. The molecule has 0 aromatic heterocycles. The molecule has 1 N–H and O–H groups in total. The molecule has 1 fully saturated rings. The summed E-state index contributed by atoms with van der Waals surface area (Å²) in [6.07, 6.45) is 0. The van der Waals surface area contributed by atoms with E-state index in [2.05, 4.69) is 0 Å². The smallest absolute Gasteiger partial charge is 0.335 e. The average Bonchev–Trinajstić information content (AvgIpc) is 2.24. The summed E-state index contributed by atoms with van der Waals surface area (Å²) < 4.78 is 14.3. The number of nitrogens with zero attached hydrogens (tertiary/aromatic N) is 1. The van der Waals surface area contributed by atoms with Gasteiger partial charge in [-0.1, -0.05) is 12.1 Å². The maximum atomic E-state index is 14.3. The number of hydrogen-bond donors (Lipinski definition) is 1. The van der Waals surface area contributed by atoms with Crippen LogP contribution in [0.25, 0.3) is 0 Å². The minimum absolute atomic E-state index is 0.00853. The van der Waals surface area contributed by atoms with E-state index in [4.69, 9.17) is 5.11 Å². The highest BCUT2D eigenvalue weighted by Crippen LogP contribution is 2.36. The van der Waals surface area contributed by atoms with E-state index in [1.165, 1.54) is 30.0 Å². The summed E-state index contributed by atoms with van der Waals surface area (Å²) in [5.41, 5.74) is -1.24. The monoisotopic (exact) mass is 237 g/mol. The Labute approximate surface area is 97.7 Å². The molecule has 0 aliphatic carbocycles. The maximum Gasteiger partial charge on any atom is 0.335 e. The number of carboxylic acids is 1. The lowest BCUT2D eigenvalue weighted by Gasteiger charge is -2.44. The molecular weight excluding hydrogens is 225 g/mol. The van der Waals surface area contributed by atoms with Gasteiger partial charge in [-0.25, -0.2) is 9.18 Å². The van der Waals surface area contributed by atoms with Gasteiger partial charge in [-0.05, 0) is 17.7 Å². The normalized spacial score (nSPS) is 17.4. The van der Waals surface area contributed by atoms with Crippen molar-refractivity contribution in [2.24, 2.45) is 0 Å². The Hall–Kier alpha value is -1.91. The van der Waals surface area contributed by atoms with Gasteiger partial charge in [0.15, 0.2) is 5.67 Å². The van der Waals surface area contributed by atoms with Crippen molar-refractivity contribution < 1.29 is 19.1 Å². The molecule has 1 aromatic carbocycles. The highest BCUT2D eigenvalue weighted by atomic mass is 19.1. The van der Waals surface area contributed by atoms with Crippen LogP contribution in [0.3, 0.4) is 0 Å². The van der Waals surface area contributed by atoms with Crippen molar-refractivity contribution in [3.05, 3.63) is 35.4 Å². The number of carbonyl (C=O) groups excluding carboxylic acids is 1. The number of carboxylic acid groups (broad SMARTS) is 1. The van der Waals surface area contributed by atoms with E-state index < -0.39 is 11.6 Å². The zero-order valence-corrected chi connectivity index (χ0v) is 9.31. The molecule has 1 aliphatic rings. The van der Waals surface area contributed by atoms with Gasteiger partial charge in [0, 0.05) is 6.92 Å². The van der Waals surface area contributed by atoms with E-state index in [0.717, 1.165) is 0 Å². The predicted octanol–water partition coefficient (Wildman–Crippen LogP) is 1.41. The van der Waals surface area contributed by atoms with Gasteiger partial charge >= 0.3 is 5.97 Å². The van der Waals surface area contributed by atoms with Crippen molar-refractivity contribution in [1.82, 2.24) is 4.90 Å². The minimum Gasteiger partial charge on any atom is -0.478 e. The van der Waals surface area contributed by atoms with Gasteiger partial charge in [-0.3, -0.25) is 4.79 Å². The summed E-state index contributed by atoms with van der Waals surface area (Å²) in [5, 5.41) is 8.82. The Balaban J connectivity index is 2.21. The molecule has 2 rings (SSSR count). The molecular formula is C12H12FNO3. The minimum atomic E-state index is -1.61. The van der Waals surface area contributed by atoms with E-state index >= 15 is 0 Å². The van der Waals surface area contributed by atoms with Gasteiger partial charge in [-0.15, -0.1) is 0 Å². The first kappa shape index (κ1) is 11.6. The Morgan fingerprint density at radius 2 is 2.06 bits per heavy atom. The van der Waals surface area contributed by atoms with Crippen molar-refractivity contribution in [2.45, 2.75) is 12.6 Å². The lowest BCUT2D eigenvalue weighted by molar-refractivity contribution is -0.143. The second-order valence-corrected chi connectivity index (χ2v) is 4.23. The van der Waals surface area contributed by atoms with E-state index in [0.29, 0.717) is 5.56 Å². The third kappa shape index (κ3) is 2.00. The first-order valence-corrected chi connectivity index (χ1v) is 5.21. The first-order valence-electron chi connectivity index (χ1n) is 5.21. The van der Waals surface area contributed by atoms with Crippen molar-refractivity contribution in [2.75, 3.05) is 13.1 Å². The molecule has 0 spiro atoms. The number of carbonyl (C=O) groups is 2. The lowest BCUT2D eigenvalue weighted by atomic mass is 9.87. The first-order chi connectivity index (χ1) is 7.92. The molecule has 0 atom stereocenters. The summed E-state index contributed by atoms with van der Waals surface area (Å²) in [6, 6.07) is 5.79. The van der Waals surface area contributed by atoms with Gasteiger partial charge in [0.05, 0.1) is 18.7 Å². The zero-order valence-electron chi connectivity index (χ0n) is 9.31. The fourth-order valence-electron chi connectivity index (χ4n) is 1.89. The van der Waals surface area contributed by atoms with Crippen molar-refractivity contribution in [1.29, 1.82) is 0 Å². The van der Waals surface area contributed by atoms with Crippen LogP contribution in [-0.2, 0) is 10.5 Å². The fourth-order valence-corrected chi connectivity index (χ4v) is 1.89. The molecule has 1 heterocycles. The molecule has 0 saturated carbocycles. The van der Waals surface area contributed by atoms with Crippen LogP contribution in [0.4, 0.5) is 4.39 Å². The van der Waals surface area contributed by atoms with Crippen LogP contribution in [0.5, 0.6) is 0 Å².